The topological polar surface area (TPSA) is 166 Å². The van der Waals surface area contributed by atoms with E-state index < -0.39 is 23.3 Å². The van der Waals surface area contributed by atoms with Crippen LogP contribution in [0.2, 0.25) is 0 Å². The van der Waals surface area contributed by atoms with E-state index in [-0.39, 0.29) is 64.6 Å². The van der Waals surface area contributed by atoms with E-state index in [1.54, 1.807) is 37.6 Å². The fourth-order valence-electron chi connectivity index (χ4n) is 7.62. The third kappa shape index (κ3) is 4.97. The average Bonchev–Trinajstić information content (AvgIpc) is 3.37. The van der Waals surface area contributed by atoms with Crippen LogP contribution in [0.4, 0.5) is 0 Å². The summed E-state index contributed by atoms with van der Waals surface area (Å²) in [6.07, 6.45) is 4.96. The number of halogens is 1. The predicted molar refractivity (Wildman–Crippen MR) is 187 cm³/mol. The van der Waals surface area contributed by atoms with Gasteiger partial charge in [-0.15, -0.1) is 0 Å². The van der Waals surface area contributed by atoms with Crippen molar-refractivity contribution < 1.29 is 28.9 Å². The van der Waals surface area contributed by atoms with Crippen molar-refractivity contribution in [1.29, 1.82) is 0 Å². The Hall–Kier alpha value is -5.70. The molecule has 0 spiro atoms. The number of methoxy groups -OCH3 is 2. The van der Waals surface area contributed by atoms with E-state index in [9.17, 15) is 29.1 Å². The highest BCUT2D eigenvalue weighted by Gasteiger charge is 2.46. The number of rotatable bonds is 6. The number of ketones is 2. The van der Waals surface area contributed by atoms with Crippen molar-refractivity contribution in [2.45, 2.75) is 38.4 Å². The van der Waals surface area contributed by atoms with E-state index in [1.807, 2.05) is 6.08 Å². The van der Waals surface area contributed by atoms with Gasteiger partial charge in [-0.25, -0.2) is 28.5 Å². The number of fused-ring (bicyclic) bond motifs is 5. The average molecular weight is 757 g/mol. The van der Waals surface area contributed by atoms with Crippen molar-refractivity contribution in [3.63, 3.8) is 0 Å². The molecule has 0 bridgehead atoms. The van der Waals surface area contributed by atoms with Crippen molar-refractivity contribution in [2.24, 2.45) is 13.0 Å². The molecular formula is C36H30BrN5O9. The zero-order chi connectivity index (χ0) is 35.9. The number of allylic oxidation sites excluding steroid dienone is 7. The molecule has 51 heavy (non-hydrogen) atoms. The first-order chi connectivity index (χ1) is 24.5. The molecule has 2 aromatic carbocycles. The van der Waals surface area contributed by atoms with Crippen molar-refractivity contribution in [3.05, 3.63) is 118 Å². The number of carbonyl (C=O) groups excluding carboxylic acids is 2. The van der Waals surface area contributed by atoms with Gasteiger partial charge in [-0.3, -0.25) is 14.4 Å². The Bertz CT molecular complexity index is 2560. The number of phenolic OH excluding ortho intramolecular Hbond substituents is 1. The van der Waals surface area contributed by atoms with Gasteiger partial charge >= 0.3 is 11.4 Å². The number of benzene rings is 2. The summed E-state index contributed by atoms with van der Waals surface area (Å²) in [7, 11) is 4.60. The number of Topliss-reactive ketones (excluding diaryl/α,β-unsaturated/α-hetero) is 1. The molecule has 8 rings (SSSR count). The summed E-state index contributed by atoms with van der Waals surface area (Å²) >= 11 is 3.24. The number of aryl methyl sites for hydroxylation is 2. The number of aromatic hydroxyl groups is 1. The van der Waals surface area contributed by atoms with Gasteiger partial charge in [0, 0.05) is 73.7 Å². The molecule has 2 atom stereocenters. The summed E-state index contributed by atoms with van der Waals surface area (Å²) in [6.45, 7) is -0.0904. The maximum atomic E-state index is 14.2. The van der Waals surface area contributed by atoms with Crippen LogP contribution in [-0.4, -0.2) is 54.4 Å². The molecule has 0 saturated heterocycles. The van der Waals surface area contributed by atoms with Gasteiger partial charge in [-0.05, 0) is 45.3 Å². The van der Waals surface area contributed by atoms with Crippen LogP contribution in [0, 0.1) is 5.92 Å². The standard InChI is InChI=1S/C36H30BrN5O9/c1-39-26-15-30(50-3)29(49-2)14-24(26)38-23(34(39)46)7-8-40-35(47)41-9-6-20-25(42(41)36(40)48)12-21-32(27(44)13-22(37)33(21)45)31(20)18-10-17-11-19(43)4-5-28(17)51-16-18/h4-6,11,13-16,25,31,43H,7-10,12H2,1-3H3. The highest BCUT2D eigenvalue weighted by molar-refractivity contribution is 9.12. The molecule has 0 radical (unpaired) electrons. The Morgan fingerprint density at radius 1 is 1.04 bits per heavy atom. The molecule has 2 aliphatic carbocycles. The SMILES string of the molecule is COc1cc2nc(CCn3c(=O)n4n(c3=O)C3CC5=C(C(=O)C=C(Br)C5=O)C(C5=COc6ccc(O)cc6C5)C3=CC4)c(=O)n(C)c2cc1OC. The first-order valence-electron chi connectivity index (χ1n) is 16.1. The van der Waals surface area contributed by atoms with Crippen molar-refractivity contribution in [3.8, 4) is 23.0 Å². The predicted octanol–water partition coefficient (Wildman–Crippen LogP) is 2.77. The van der Waals surface area contributed by atoms with E-state index in [0.717, 1.165) is 4.57 Å². The first kappa shape index (κ1) is 32.5. The lowest BCUT2D eigenvalue weighted by Crippen LogP contribution is -2.42. The lowest BCUT2D eigenvalue weighted by atomic mass is 9.68. The van der Waals surface area contributed by atoms with Crippen LogP contribution in [0.3, 0.4) is 0 Å². The zero-order valence-corrected chi connectivity index (χ0v) is 29.2. The van der Waals surface area contributed by atoms with Gasteiger partial charge in [0.15, 0.2) is 23.1 Å². The molecule has 2 unspecified atom stereocenters. The molecular weight excluding hydrogens is 726 g/mol. The summed E-state index contributed by atoms with van der Waals surface area (Å²) in [5, 5.41) is 10.2. The minimum atomic E-state index is -0.764. The van der Waals surface area contributed by atoms with Crippen molar-refractivity contribution in [1.82, 2.24) is 23.5 Å². The maximum absolute atomic E-state index is 14.2. The van der Waals surface area contributed by atoms with Crippen LogP contribution >= 0.6 is 15.9 Å². The lowest BCUT2D eigenvalue weighted by molar-refractivity contribution is -0.116. The maximum Gasteiger partial charge on any atom is 0.347 e. The highest BCUT2D eigenvalue weighted by atomic mass is 79.9. The fraction of sp³-hybridized carbons (Fsp3) is 0.278. The molecule has 0 amide bonds. The minimum Gasteiger partial charge on any atom is -0.508 e. The number of hydrogen-bond acceptors (Lipinski definition) is 10. The Labute approximate surface area is 296 Å². The van der Waals surface area contributed by atoms with Gasteiger partial charge in [-0.2, -0.15) is 0 Å². The minimum absolute atomic E-state index is 0.0120. The van der Waals surface area contributed by atoms with Crippen LogP contribution in [0.1, 0.15) is 23.7 Å². The Morgan fingerprint density at radius 3 is 2.57 bits per heavy atom. The summed E-state index contributed by atoms with van der Waals surface area (Å²) in [5.41, 5.74) is 2.18. The van der Waals surface area contributed by atoms with Gasteiger partial charge in [0.1, 0.15) is 17.2 Å². The normalized spacial score (nSPS) is 19.3. The molecule has 2 aromatic heterocycles. The molecule has 260 valence electrons. The van der Waals surface area contributed by atoms with Crippen LogP contribution < -0.4 is 31.1 Å². The molecule has 4 heterocycles. The van der Waals surface area contributed by atoms with E-state index >= 15 is 0 Å². The number of hydrogen-bond donors (Lipinski definition) is 1. The van der Waals surface area contributed by atoms with Crippen LogP contribution in [0.15, 0.2) is 89.9 Å². The number of nitrogens with zero attached hydrogens (tertiary/aromatic N) is 5. The van der Waals surface area contributed by atoms with Crippen LogP contribution in [-0.2, 0) is 42.6 Å². The quantitative estimate of drug-likeness (QED) is 0.229. The summed E-state index contributed by atoms with van der Waals surface area (Å²) in [5.74, 6) is 0.0564. The Balaban J connectivity index is 1.18. The Morgan fingerprint density at radius 2 is 1.80 bits per heavy atom. The molecule has 15 heteroatoms. The van der Waals surface area contributed by atoms with Gasteiger partial charge < -0.3 is 23.9 Å². The first-order valence-corrected chi connectivity index (χ1v) is 16.9. The molecule has 2 aliphatic heterocycles. The van der Waals surface area contributed by atoms with Crippen LogP contribution in [0.5, 0.6) is 23.0 Å². The molecule has 4 aliphatic rings. The molecule has 0 saturated carbocycles. The third-order valence-corrected chi connectivity index (χ3v) is 10.6. The summed E-state index contributed by atoms with van der Waals surface area (Å²) < 4.78 is 22.0. The zero-order valence-electron chi connectivity index (χ0n) is 27.6. The molecule has 0 fully saturated rings. The van der Waals surface area contributed by atoms with E-state index in [0.29, 0.717) is 57.0 Å². The van der Waals surface area contributed by atoms with Gasteiger partial charge in [0.25, 0.3) is 5.56 Å². The third-order valence-electron chi connectivity index (χ3n) is 10.0. The van der Waals surface area contributed by atoms with Crippen LogP contribution in [0.25, 0.3) is 11.0 Å². The lowest BCUT2D eigenvalue weighted by Gasteiger charge is -2.40. The largest absolute Gasteiger partial charge is 0.508 e. The molecule has 1 N–H and O–H groups in total. The van der Waals surface area contributed by atoms with Gasteiger partial charge in [-0.1, -0.05) is 6.08 Å². The summed E-state index contributed by atoms with van der Waals surface area (Å²) in [4.78, 5) is 73.0. The van der Waals surface area contributed by atoms with Crippen molar-refractivity contribution >= 4 is 38.5 Å². The molecule has 14 nitrogen and oxygen atoms in total. The van der Waals surface area contributed by atoms with Gasteiger partial charge in [0.2, 0.25) is 0 Å². The monoisotopic (exact) mass is 755 g/mol. The van der Waals surface area contributed by atoms with Crippen molar-refractivity contribution in [2.75, 3.05) is 14.2 Å². The van der Waals surface area contributed by atoms with E-state index in [1.165, 1.54) is 40.3 Å². The number of carbonyl (C=O) groups is 2. The summed E-state index contributed by atoms with van der Waals surface area (Å²) in [6, 6.07) is 7.31. The molecule has 4 aromatic rings. The highest BCUT2D eigenvalue weighted by Crippen LogP contribution is 2.50. The number of phenols is 1. The van der Waals surface area contributed by atoms with E-state index in [2.05, 4.69) is 20.9 Å². The fourth-order valence-corrected chi connectivity index (χ4v) is 8.06. The Kier molecular flexibility index (Phi) is 7.63. The second-order valence-corrected chi connectivity index (χ2v) is 13.6. The second-order valence-electron chi connectivity index (χ2n) is 12.7. The second kappa shape index (κ2) is 12.0. The van der Waals surface area contributed by atoms with E-state index in [4.69, 9.17) is 14.2 Å². The number of aromatic nitrogens is 5. The van der Waals surface area contributed by atoms with Gasteiger partial charge in [0.05, 0.1) is 48.6 Å². The number of ether oxygens (including phenoxy) is 3. The smallest absolute Gasteiger partial charge is 0.347 e.